The molecule has 178 valence electrons. The highest BCUT2D eigenvalue weighted by atomic mass is 32.2. The first-order chi connectivity index (χ1) is 17.0. The molecule has 0 unspecified atom stereocenters. The predicted octanol–water partition coefficient (Wildman–Crippen LogP) is 2.68. The molecule has 11 heteroatoms. The molecule has 1 aliphatic rings. The number of amides is 1. The molecule has 1 amide bonds. The van der Waals surface area contributed by atoms with Crippen molar-refractivity contribution < 1.29 is 19.1 Å². The highest BCUT2D eigenvalue weighted by Crippen LogP contribution is 2.32. The number of methoxy groups -OCH3 is 1. The van der Waals surface area contributed by atoms with Gasteiger partial charge in [0.05, 0.1) is 29.8 Å². The zero-order valence-electron chi connectivity index (χ0n) is 19.1. The zero-order chi connectivity index (χ0) is 24.5. The molecule has 0 saturated carbocycles. The first-order valence-corrected chi connectivity index (χ1v) is 11.9. The molecule has 4 heterocycles. The Morgan fingerprint density at radius 2 is 1.94 bits per heavy atom. The number of nitrogens with one attached hydrogen (secondary N) is 1. The minimum Gasteiger partial charge on any atom is -0.494 e. The van der Waals surface area contributed by atoms with Gasteiger partial charge in [0.15, 0.2) is 5.82 Å². The first-order valence-electron chi connectivity index (χ1n) is 10.9. The Bertz CT molecular complexity index is 1420. The molecular weight excluding hydrogens is 468 g/mol. The number of nitrogens with zero attached hydrogens (tertiary/aromatic N) is 5. The van der Waals surface area contributed by atoms with Crippen molar-refractivity contribution >= 4 is 39.5 Å². The van der Waals surface area contributed by atoms with E-state index in [0.29, 0.717) is 52.7 Å². The summed E-state index contributed by atoms with van der Waals surface area (Å²) in [6.45, 7) is 2.63. The van der Waals surface area contributed by atoms with Crippen molar-refractivity contribution in [1.82, 2.24) is 29.6 Å². The minimum absolute atomic E-state index is 0.00401. The van der Waals surface area contributed by atoms with E-state index in [1.807, 2.05) is 18.2 Å². The van der Waals surface area contributed by atoms with E-state index in [1.165, 1.54) is 47.2 Å². The van der Waals surface area contributed by atoms with E-state index in [0.717, 1.165) is 0 Å². The maximum absolute atomic E-state index is 13.2. The summed E-state index contributed by atoms with van der Waals surface area (Å²) in [6.07, 6.45) is 4.51. The van der Waals surface area contributed by atoms with Crippen LogP contribution in [0.5, 0.6) is 5.75 Å². The number of ether oxygens (including phenoxy) is 1. The molecule has 1 saturated heterocycles. The van der Waals surface area contributed by atoms with Crippen LogP contribution in [0.15, 0.2) is 49.1 Å². The van der Waals surface area contributed by atoms with Crippen molar-refractivity contribution in [3.05, 3.63) is 66.0 Å². The Hall–Kier alpha value is -3.99. The lowest BCUT2D eigenvalue weighted by Gasteiger charge is -2.38. The van der Waals surface area contributed by atoms with Crippen LogP contribution in [0.2, 0.25) is 0 Å². The summed E-state index contributed by atoms with van der Waals surface area (Å²) >= 11 is 1.24. The fourth-order valence-corrected chi connectivity index (χ4v) is 4.91. The fourth-order valence-electron chi connectivity index (χ4n) is 4.01. The van der Waals surface area contributed by atoms with E-state index in [4.69, 9.17) is 4.74 Å². The largest absolute Gasteiger partial charge is 0.494 e. The molecule has 0 bridgehead atoms. The van der Waals surface area contributed by atoms with E-state index >= 15 is 0 Å². The predicted molar refractivity (Wildman–Crippen MR) is 130 cm³/mol. The molecule has 1 N–H and O–H groups in total. The number of H-pyrrole nitrogens is 1. The summed E-state index contributed by atoms with van der Waals surface area (Å²) in [5.74, 6) is 0.927. The average molecular weight is 491 g/mol. The Kier molecular flexibility index (Phi) is 6.08. The third-order valence-electron chi connectivity index (χ3n) is 5.84. The summed E-state index contributed by atoms with van der Waals surface area (Å²) < 4.78 is 6.92. The summed E-state index contributed by atoms with van der Waals surface area (Å²) in [5, 5.41) is 4.75. The summed E-state index contributed by atoms with van der Waals surface area (Å²) in [4.78, 5) is 51.4. The molecule has 0 radical (unpaired) electrons. The highest BCUT2D eigenvalue weighted by Gasteiger charge is 2.36. The SMILES string of the molecule is COc1cnc(-n2cnc(C)n2)c2[nH]cc(C(=O)C(=O)N3CC(CSC(=O)c4ccccc4)C3)c12. The van der Waals surface area contributed by atoms with Gasteiger partial charge in [-0.2, -0.15) is 5.10 Å². The van der Waals surface area contributed by atoms with Gasteiger partial charge in [0.1, 0.15) is 17.9 Å². The van der Waals surface area contributed by atoms with Crippen LogP contribution in [0.1, 0.15) is 26.5 Å². The van der Waals surface area contributed by atoms with Crippen molar-refractivity contribution in [2.24, 2.45) is 5.92 Å². The second-order valence-electron chi connectivity index (χ2n) is 8.21. The molecule has 35 heavy (non-hydrogen) atoms. The van der Waals surface area contributed by atoms with Crippen LogP contribution < -0.4 is 4.74 Å². The second-order valence-corrected chi connectivity index (χ2v) is 9.20. The molecule has 1 aromatic carbocycles. The molecule has 5 rings (SSSR count). The van der Waals surface area contributed by atoms with Crippen LogP contribution in [0.25, 0.3) is 16.7 Å². The first kappa shape index (κ1) is 22.8. The van der Waals surface area contributed by atoms with Gasteiger partial charge in [-0.1, -0.05) is 42.1 Å². The van der Waals surface area contributed by atoms with Crippen molar-refractivity contribution in [3.8, 4) is 11.6 Å². The third kappa shape index (κ3) is 4.30. The quantitative estimate of drug-likeness (QED) is 0.310. The number of thioether (sulfide) groups is 1. The lowest BCUT2D eigenvalue weighted by molar-refractivity contribution is -0.131. The van der Waals surface area contributed by atoms with Gasteiger partial charge in [-0.15, -0.1) is 0 Å². The molecule has 1 aliphatic heterocycles. The number of Topliss-reactive ketones (excluding diaryl/α,β-unsaturated/α-hetero) is 1. The van der Waals surface area contributed by atoms with Crippen molar-refractivity contribution in [1.29, 1.82) is 0 Å². The van der Waals surface area contributed by atoms with Gasteiger partial charge in [-0.05, 0) is 6.92 Å². The lowest BCUT2D eigenvalue weighted by Crippen LogP contribution is -2.53. The number of ketones is 1. The molecule has 10 nitrogen and oxygen atoms in total. The molecule has 4 aromatic rings. The highest BCUT2D eigenvalue weighted by molar-refractivity contribution is 8.14. The summed E-state index contributed by atoms with van der Waals surface area (Å²) in [5.41, 5.74) is 1.38. The van der Waals surface area contributed by atoms with Gasteiger partial charge < -0.3 is 14.6 Å². The van der Waals surface area contributed by atoms with Crippen LogP contribution >= 0.6 is 11.8 Å². The number of pyridine rings is 1. The van der Waals surface area contributed by atoms with Gasteiger partial charge >= 0.3 is 0 Å². The average Bonchev–Trinajstić information content (AvgIpc) is 3.49. The number of aromatic nitrogens is 5. The van der Waals surface area contributed by atoms with Crippen molar-refractivity contribution in [2.45, 2.75) is 6.92 Å². The standard InChI is InChI=1S/C24H22N6O4S/c1-14-27-13-30(28-14)22-20-19(18(34-2)9-26-22)17(8-25-20)21(31)23(32)29-10-15(11-29)12-35-24(33)16-6-4-3-5-7-16/h3-9,13,15,25H,10-12H2,1-2H3. The Morgan fingerprint density at radius 1 is 1.17 bits per heavy atom. The summed E-state index contributed by atoms with van der Waals surface area (Å²) in [7, 11) is 1.48. The molecule has 0 aliphatic carbocycles. The number of hydrogen-bond donors (Lipinski definition) is 1. The summed E-state index contributed by atoms with van der Waals surface area (Å²) in [6, 6.07) is 9.09. The van der Waals surface area contributed by atoms with Crippen molar-refractivity contribution in [2.75, 3.05) is 26.0 Å². The number of carbonyl (C=O) groups is 3. The van der Waals surface area contributed by atoms with Gasteiger partial charge in [0.25, 0.3) is 11.7 Å². The van der Waals surface area contributed by atoms with Crippen LogP contribution in [0, 0.1) is 12.8 Å². The number of carbonyl (C=O) groups excluding carboxylic acids is 3. The minimum atomic E-state index is -0.632. The van der Waals surface area contributed by atoms with Gasteiger partial charge in [-0.25, -0.2) is 14.6 Å². The normalized spacial score (nSPS) is 13.6. The van der Waals surface area contributed by atoms with Crippen LogP contribution in [-0.4, -0.2) is 72.4 Å². The van der Waals surface area contributed by atoms with Gasteiger partial charge in [0, 0.05) is 36.5 Å². The Labute approximate surface area is 204 Å². The van der Waals surface area contributed by atoms with Gasteiger partial charge in [-0.3, -0.25) is 14.4 Å². The third-order valence-corrected chi connectivity index (χ3v) is 6.98. The van der Waals surface area contributed by atoms with Crippen LogP contribution in [-0.2, 0) is 4.79 Å². The Morgan fingerprint density at radius 3 is 2.63 bits per heavy atom. The lowest BCUT2D eigenvalue weighted by atomic mass is 10.0. The monoisotopic (exact) mass is 490 g/mol. The maximum Gasteiger partial charge on any atom is 0.295 e. The maximum atomic E-state index is 13.2. The molecular formula is C24H22N6O4S. The molecule has 0 atom stereocenters. The number of rotatable bonds is 7. The Balaban J connectivity index is 1.28. The molecule has 0 spiro atoms. The number of fused-ring (bicyclic) bond motifs is 1. The van der Waals surface area contributed by atoms with Crippen molar-refractivity contribution in [3.63, 3.8) is 0 Å². The zero-order valence-corrected chi connectivity index (χ0v) is 19.9. The number of likely N-dealkylation sites (tertiary alicyclic amines) is 1. The molecule has 1 fully saturated rings. The molecule has 3 aromatic heterocycles. The number of aryl methyl sites for hydroxylation is 1. The fraction of sp³-hybridized carbons (Fsp3) is 0.250. The van der Waals surface area contributed by atoms with E-state index in [9.17, 15) is 14.4 Å². The van der Waals surface area contributed by atoms with Crippen LogP contribution in [0.4, 0.5) is 0 Å². The van der Waals surface area contributed by atoms with Gasteiger partial charge in [0.2, 0.25) is 5.12 Å². The number of benzene rings is 1. The number of aromatic amines is 1. The van der Waals surface area contributed by atoms with E-state index in [2.05, 4.69) is 20.1 Å². The topological polar surface area (TPSA) is 123 Å². The van der Waals surface area contributed by atoms with E-state index in [-0.39, 0.29) is 16.6 Å². The van der Waals surface area contributed by atoms with E-state index < -0.39 is 11.7 Å². The smallest absolute Gasteiger partial charge is 0.295 e. The number of hydrogen-bond acceptors (Lipinski definition) is 8. The van der Waals surface area contributed by atoms with Crippen LogP contribution in [0.3, 0.4) is 0 Å². The second kappa shape index (κ2) is 9.34. The van der Waals surface area contributed by atoms with E-state index in [1.54, 1.807) is 19.1 Å².